The molecule has 0 saturated heterocycles. The molecule has 0 aliphatic carbocycles. The summed E-state index contributed by atoms with van der Waals surface area (Å²) in [4.78, 5) is 6.42. The smallest absolute Gasteiger partial charge is 0.168 e. The monoisotopic (exact) mass is 436 g/mol. The van der Waals surface area contributed by atoms with Gasteiger partial charge in [-0.15, -0.1) is 0 Å². The zero-order valence-corrected chi connectivity index (χ0v) is 19.9. The van der Waals surface area contributed by atoms with Crippen LogP contribution in [0.5, 0.6) is 0 Å². The highest BCUT2D eigenvalue weighted by atomic mass is 32.3. The fourth-order valence-electron chi connectivity index (χ4n) is 2.56. The van der Waals surface area contributed by atoms with E-state index in [1.807, 2.05) is 33.2 Å². The summed E-state index contributed by atoms with van der Waals surface area (Å²) < 4.78 is 35.1. The van der Waals surface area contributed by atoms with Crippen LogP contribution in [0, 0.1) is 18.7 Å². The van der Waals surface area contributed by atoms with Crippen molar-refractivity contribution in [2.24, 2.45) is 10.9 Å². The van der Waals surface area contributed by atoms with Gasteiger partial charge in [-0.25, -0.2) is 9.38 Å². The molecule has 0 fully saturated rings. The number of nitrogens with zero attached hydrogens (tertiary/aromatic N) is 2. The molecule has 0 heterocycles. The molecule has 0 aliphatic heterocycles. The summed E-state index contributed by atoms with van der Waals surface area (Å²) in [6, 6.07) is 4.26. The molecule has 0 saturated carbocycles. The first-order valence-electron chi connectivity index (χ1n) is 9.71. The Balaban J connectivity index is 3.12. The molecule has 2 atom stereocenters. The van der Waals surface area contributed by atoms with Crippen molar-refractivity contribution >= 4 is 21.1 Å². The van der Waals surface area contributed by atoms with Crippen LogP contribution in [0.1, 0.15) is 26.3 Å². The highest BCUT2D eigenvalue weighted by Gasteiger charge is 2.28. The molecule has 0 bridgehead atoms. The van der Waals surface area contributed by atoms with Gasteiger partial charge >= 0.3 is 0 Å². The summed E-state index contributed by atoms with van der Waals surface area (Å²) >= 11 is 0. The molecule has 2 unspecified atom stereocenters. The van der Waals surface area contributed by atoms with E-state index in [9.17, 15) is 4.39 Å². The Morgan fingerprint density at radius 2 is 1.97 bits per heavy atom. The van der Waals surface area contributed by atoms with Crippen molar-refractivity contribution in [1.82, 2.24) is 4.90 Å². The Hall–Kier alpha value is -2.18. The van der Waals surface area contributed by atoms with Gasteiger partial charge < -0.3 is 9.64 Å². The van der Waals surface area contributed by atoms with Gasteiger partial charge in [0.1, 0.15) is 11.6 Å². The SMILES string of the molecule is C=C/C(C)=C(\C=C/C(C)CN(C)C)OC(=C)S(C)(F)/C(C)=N/c1cc(F)ccc1C. The van der Waals surface area contributed by atoms with Gasteiger partial charge in [0, 0.05) is 23.2 Å². The Labute approximate surface area is 182 Å². The summed E-state index contributed by atoms with van der Waals surface area (Å²) in [5.41, 5.74) is 1.93. The molecule has 1 aromatic carbocycles. The van der Waals surface area contributed by atoms with Crippen LogP contribution in [-0.4, -0.2) is 36.8 Å². The first-order chi connectivity index (χ1) is 13.9. The second kappa shape index (κ2) is 11.3. The van der Waals surface area contributed by atoms with Crippen molar-refractivity contribution < 1.29 is 13.0 Å². The van der Waals surface area contributed by atoms with Crippen LogP contribution in [0.25, 0.3) is 0 Å². The molecule has 3 nitrogen and oxygen atoms in total. The number of benzene rings is 1. The van der Waals surface area contributed by atoms with Crippen LogP contribution in [0.2, 0.25) is 0 Å². The van der Waals surface area contributed by atoms with Crippen LogP contribution >= 0.6 is 10.4 Å². The molecule has 1 aromatic rings. The van der Waals surface area contributed by atoms with Gasteiger partial charge in [0.05, 0.1) is 10.7 Å². The Morgan fingerprint density at radius 1 is 1.33 bits per heavy atom. The van der Waals surface area contributed by atoms with Crippen molar-refractivity contribution in [2.45, 2.75) is 27.7 Å². The number of hydrogen-bond donors (Lipinski definition) is 0. The normalized spacial score (nSPS) is 17.3. The third-order valence-corrected chi connectivity index (χ3v) is 6.72. The number of halogens is 2. The molecule has 0 aliphatic rings. The Morgan fingerprint density at radius 3 is 2.53 bits per heavy atom. The summed E-state index contributed by atoms with van der Waals surface area (Å²) in [6.45, 7) is 15.8. The number of allylic oxidation sites excluding steroid dienone is 3. The molecule has 30 heavy (non-hydrogen) atoms. The second-order valence-corrected chi connectivity index (χ2v) is 10.4. The Bertz CT molecular complexity index is 870. The third-order valence-electron chi connectivity index (χ3n) is 4.58. The van der Waals surface area contributed by atoms with E-state index in [0.717, 1.165) is 17.7 Å². The minimum absolute atomic E-state index is 0.0149. The maximum absolute atomic E-state index is 15.6. The van der Waals surface area contributed by atoms with E-state index in [2.05, 4.69) is 30.0 Å². The summed E-state index contributed by atoms with van der Waals surface area (Å²) in [5, 5.41) is 0.195. The molecule has 166 valence electrons. The topological polar surface area (TPSA) is 24.8 Å². The molecule has 0 N–H and O–H groups in total. The van der Waals surface area contributed by atoms with E-state index in [4.69, 9.17) is 4.74 Å². The first-order valence-corrected chi connectivity index (χ1v) is 11.6. The second-order valence-electron chi connectivity index (χ2n) is 7.70. The minimum Gasteiger partial charge on any atom is -0.450 e. The highest BCUT2D eigenvalue weighted by Crippen LogP contribution is 2.56. The van der Waals surface area contributed by atoms with E-state index in [1.54, 1.807) is 26.0 Å². The lowest BCUT2D eigenvalue weighted by Gasteiger charge is -2.28. The number of aryl methyl sites for hydroxylation is 1. The number of rotatable bonds is 9. The molecule has 0 amide bonds. The van der Waals surface area contributed by atoms with Gasteiger partial charge in [-0.3, -0.25) is 0 Å². The van der Waals surface area contributed by atoms with E-state index >= 15 is 3.89 Å². The van der Waals surface area contributed by atoms with Gasteiger partial charge in [0.15, 0.2) is 5.09 Å². The first kappa shape index (κ1) is 25.9. The molecular weight excluding hydrogens is 402 g/mol. The highest BCUT2D eigenvalue weighted by molar-refractivity contribution is 8.43. The van der Waals surface area contributed by atoms with E-state index in [0.29, 0.717) is 11.4 Å². The number of hydrogen-bond acceptors (Lipinski definition) is 3. The minimum atomic E-state index is -3.06. The van der Waals surface area contributed by atoms with Crippen LogP contribution < -0.4 is 0 Å². The fraction of sp³-hybridized carbons (Fsp3) is 0.375. The maximum Gasteiger partial charge on any atom is 0.168 e. The van der Waals surface area contributed by atoms with Crippen molar-refractivity contribution in [3.8, 4) is 0 Å². The summed E-state index contributed by atoms with van der Waals surface area (Å²) in [5.74, 6) is 0.362. The predicted molar refractivity (Wildman–Crippen MR) is 129 cm³/mol. The van der Waals surface area contributed by atoms with Crippen molar-refractivity contribution in [2.75, 3.05) is 26.9 Å². The summed E-state index contributed by atoms with van der Waals surface area (Å²) in [7, 11) is 0.957. The van der Waals surface area contributed by atoms with Gasteiger partial charge in [-0.05, 0) is 76.7 Å². The number of ether oxygens (including phenoxy) is 1. The lowest BCUT2D eigenvalue weighted by atomic mass is 10.1. The maximum atomic E-state index is 15.6. The fourth-order valence-corrected chi connectivity index (χ4v) is 3.40. The van der Waals surface area contributed by atoms with Gasteiger partial charge in [0.25, 0.3) is 0 Å². The molecule has 1 rings (SSSR count). The molecule has 0 spiro atoms. The molecular formula is C24H34F2N2OS. The standard InChI is InChI=1S/C24H34F2N2OS/c1-10-18(3)24(14-11-17(2)16-28(7)8)29-21(6)30(9,26)20(5)27-23-15-22(25)13-12-19(23)4/h10-15,17H,1,6,16H2,2-5,7-9H3/b14-11-,24-18+,27-20+. The molecule has 0 radical (unpaired) electrons. The van der Waals surface area contributed by atoms with Crippen LogP contribution in [0.3, 0.4) is 0 Å². The average Bonchev–Trinajstić information content (AvgIpc) is 2.66. The van der Waals surface area contributed by atoms with Gasteiger partial charge in [-0.1, -0.05) is 31.7 Å². The summed E-state index contributed by atoms with van der Waals surface area (Å²) in [6.07, 6.45) is 6.92. The van der Waals surface area contributed by atoms with Crippen LogP contribution in [0.4, 0.5) is 14.0 Å². The van der Waals surface area contributed by atoms with Crippen molar-refractivity contribution in [3.05, 3.63) is 77.4 Å². The van der Waals surface area contributed by atoms with E-state index < -0.39 is 16.2 Å². The third kappa shape index (κ3) is 7.58. The van der Waals surface area contributed by atoms with Crippen molar-refractivity contribution in [1.29, 1.82) is 0 Å². The largest absolute Gasteiger partial charge is 0.450 e. The molecule has 6 heteroatoms. The predicted octanol–water partition coefficient (Wildman–Crippen LogP) is 7.20. The lowest BCUT2D eigenvalue weighted by molar-refractivity contribution is 0.346. The van der Waals surface area contributed by atoms with Crippen LogP contribution in [-0.2, 0) is 4.74 Å². The van der Waals surface area contributed by atoms with Gasteiger partial charge in [0.2, 0.25) is 0 Å². The zero-order chi connectivity index (χ0) is 23.1. The van der Waals surface area contributed by atoms with E-state index in [1.165, 1.54) is 18.4 Å². The number of aliphatic imine (C=N–C) groups is 1. The Kier molecular flexibility index (Phi) is 9.72. The van der Waals surface area contributed by atoms with Gasteiger partial charge in [-0.2, -0.15) is 3.89 Å². The van der Waals surface area contributed by atoms with Crippen molar-refractivity contribution in [3.63, 3.8) is 0 Å². The van der Waals surface area contributed by atoms with Crippen LogP contribution in [0.15, 0.2) is 71.0 Å². The molecule has 0 aromatic heterocycles. The zero-order valence-electron chi connectivity index (χ0n) is 19.1. The lowest BCUT2D eigenvalue weighted by Crippen LogP contribution is -2.18. The van der Waals surface area contributed by atoms with E-state index in [-0.39, 0.29) is 16.1 Å². The quantitative estimate of drug-likeness (QED) is 0.177. The average molecular weight is 437 g/mol.